The predicted octanol–water partition coefficient (Wildman–Crippen LogP) is 2.84. The number of hydrogen-bond acceptors (Lipinski definition) is 3. The zero-order valence-electron chi connectivity index (χ0n) is 9.05. The van der Waals surface area contributed by atoms with Crippen LogP contribution in [0.3, 0.4) is 0 Å². The maximum absolute atomic E-state index is 8.69. The highest BCUT2D eigenvalue weighted by atomic mass is 32.1. The Kier molecular flexibility index (Phi) is 3.08. The molecule has 80 valence electrons. The zero-order chi connectivity index (χ0) is 10.7. The van der Waals surface area contributed by atoms with Gasteiger partial charge in [0.15, 0.2) is 0 Å². The van der Waals surface area contributed by atoms with Crippen LogP contribution in [0.5, 0.6) is 0 Å². The van der Waals surface area contributed by atoms with Gasteiger partial charge in [-0.15, -0.1) is 0 Å². The summed E-state index contributed by atoms with van der Waals surface area (Å²) in [6.45, 7) is 4.09. The van der Waals surface area contributed by atoms with Gasteiger partial charge in [-0.25, -0.2) is 0 Å². The summed E-state index contributed by atoms with van der Waals surface area (Å²) < 4.78 is 0. The minimum Gasteiger partial charge on any atom is -0.312 e. The lowest BCUT2D eigenvalue weighted by Crippen LogP contribution is -2.23. The molecule has 1 aliphatic carbocycles. The monoisotopic (exact) mass is 220 g/mol. The Labute approximate surface area is 94.9 Å². The Morgan fingerprint density at radius 1 is 1.53 bits per heavy atom. The first-order valence-electron chi connectivity index (χ1n) is 5.35. The van der Waals surface area contributed by atoms with Crippen LogP contribution in [-0.4, -0.2) is 6.54 Å². The smallest absolute Gasteiger partial charge is 0.0628 e. The van der Waals surface area contributed by atoms with Crippen LogP contribution in [-0.2, 0) is 6.54 Å². The molecule has 1 fully saturated rings. The van der Waals surface area contributed by atoms with E-state index in [9.17, 15) is 0 Å². The Balaban J connectivity index is 1.76. The van der Waals surface area contributed by atoms with E-state index in [1.165, 1.54) is 24.0 Å². The average molecular weight is 220 g/mol. The molecule has 1 aliphatic rings. The first kappa shape index (κ1) is 10.7. The molecule has 0 aromatic carbocycles. The maximum atomic E-state index is 8.69. The van der Waals surface area contributed by atoms with Crippen molar-refractivity contribution in [2.24, 2.45) is 5.41 Å². The molecule has 0 saturated heterocycles. The van der Waals surface area contributed by atoms with E-state index in [0.29, 0.717) is 11.8 Å². The van der Waals surface area contributed by atoms with Crippen LogP contribution in [0.15, 0.2) is 10.8 Å². The van der Waals surface area contributed by atoms with Crippen molar-refractivity contribution in [3.05, 3.63) is 21.9 Å². The third-order valence-corrected chi connectivity index (χ3v) is 4.10. The number of thiophene rings is 1. The van der Waals surface area contributed by atoms with Crippen LogP contribution in [0.25, 0.3) is 0 Å². The molecule has 15 heavy (non-hydrogen) atoms. The number of nitrogens with zero attached hydrogens (tertiary/aromatic N) is 1. The first-order valence-corrected chi connectivity index (χ1v) is 6.29. The largest absolute Gasteiger partial charge is 0.312 e. The van der Waals surface area contributed by atoms with Gasteiger partial charge in [-0.3, -0.25) is 0 Å². The third kappa shape index (κ3) is 2.58. The number of nitrogens with one attached hydrogen (secondary N) is 1. The lowest BCUT2D eigenvalue weighted by molar-refractivity contribution is 0.466. The Bertz CT molecular complexity index is 371. The van der Waals surface area contributed by atoms with Crippen molar-refractivity contribution in [2.45, 2.75) is 32.7 Å². The molecule has 1 aromatic rings. The summed E-state index contributed by atoms with van der Waals surface area (Å²) in [6, 6.07) is 2.29. The minimum absolute atomic E-state index is 0.318. The minimum atomic E-state index is 0.318. The van der Waals surface area contributed by atoms with Crippen molar-refractivity contribution in [1.29, 1.82) is 5.26 Å². The lowest BCUT2D eigenvalue weighted by atomic mass is 10.0. The van der Waals surface area contributed by atoms with Crippen molar-refractivity contribution in [3.8, 4) is 6.07 Å². The highest BCUT2D eigenvalue weighted by Crippen LogP contribution is 2.47. The molecule has 1 heterocycles. The predicted molar refractivity (Wildman–Crippen MR) is 62.7 cm³/mol. The molecule has 0 spiro atoms. The van der Waals surface area contributed by atoms with E-state index < -0.39 is 0 Å². The summed E-state index contributed by atoms with van der Waals surface area (Å²) >= 11 is 1.76. The number of rotatable bonds is 5. The molecule has 0 amide bonds. The second-order valence-corrected chi connectivity index (χ2v) is 5.26. The van der Waals surface area contributed by atoms with Gasteiger partial charge in [-0.1, -0.05) is 0 Å². The molecule has 0 unspecified atom stereocenters. The van der Waals surface area contributed by atoms with Crippen LogP contribution in [0.2, 0.25) is 0 Å². The average Bonchev–Trinajstić information content (AvgIpc) is 2.85. The van der Waals surface area contributed by atoms with Crippen LogP contribution in [0, 0.1) is 23.7 Å². The third-order valence-electron chi connectivity index (χ3n) is 3.19. The SMILES string of the molecule is Cc1cscc1CNCC1(CC#N)CC1. The molecule has 1 N–H and O–H groups in total. The van der Waals surface area contributed by atoms with Gasteiger partial charge in [-0.05, 0) is 47.1 Å². The van der Waals surface area contributed by atoms with Crippen molar-refractivity contribution in [2.75, 3.05) is 6.54 Å². The molecule has 0 radical (unpaired) electrons. The van der Waals surface area contributed by atoms with Gasteiger partial charge in [0, 0.05) is 19.5 Å². The molecule has 2 nitrogen and oxygen atoms in total. The van der Waals surface area contributed by atoms with E-state index in [1.54, 1.807) is 11.3 Å². The Hall–Kier alpha value is -0.850. The Morgan fingerprint density at radius 2 is 2.33 bits per heavy atom. The summed E-state index contributed by atoms with van der Waals surface area (Å²) in [5, 5.41) is 16.5. The summed E-state index contributed by atoms with van der Waals surface area (Å²) in [6.07, 6.45) is 3.15. The van der Waals surface area contributed by atoms with E-state index in [1.807, 2.05) is 0 Å². The lowest BCUT2D eigenvalue weighted by Gasteiger charge is -2.11. The maximum Gasteiger partial charge on any atom is 0.0628 e. The van der Waals surface area contributed by atoms with Gasteiger partial charge in [0.25, 0.3) is 0 Å². The van der Waals surface area contributed by atoms with E-state index in [4.69, 9.17) is 5.26 Å². The number of hydrogen-bond donors (Lipinski definition) is 1. The summed E-state index contributed by atoms with van der Waals surface area (Å²) in [5.74, 6) is 0. The standard InChI is InChI=1S/C12H16N2S/c1-10-7-15-8-11(10)6-14-9-12(2-3-12)4-5-13/h7-8,14H,2-4,6,9H2,1H3. The Morgan fingerprint density at radius 3 is 2.87 bits per heavy atom. The molecule has 2 rings (SSSR count). The molecule has 1 aromatic heterocycles. The zero-order valence-corrected chi connectivity index (χ0v) is 9.86. The first-order chi connectivity index (χ1) is 7.26. The van der Waals surface area contributed by atoms with Crippen LogP contribution in [0.4, 0.5) is 0 Å². The van der Waals surface area contributed by atoms with Gasteiger partial charge in [0.1, 0.15) is 0 Å². The summed E-state index contributed by atoms with van der Waals surface area (Å²) in [4.78, 5) is 0. The highest BCUT2D eigenvalue weighted by molar-refractivity contribution is 7.08. The van der Waals surface area contributed by atoms with Crippen LogP contribution in [0.1, 0.15) is 30.4 Å². The fourth-order valence-corrected chi connectivity index (χ4v) is 2.65. The molecule has 0 aliphatic heterocycles. The van der Waals surface area contributed by atoms with Crippen LogP contribution < -0.4 is 5.32 Å². The van der Waals surface area contributed by atoms with Gasteiger partial charge in [-0.2, -0.15) is 16.6 Å². The fourth-order valence-electron chi connectivity index (χ4n) is 1.79. The van der Waals surface area contributed by atoms with Crippen molar-refractivity contribution in [1.82, 2.24) is 5.32 Å². The summed E-state index contributed by atoms with van der Waals surface area (Å²) in [7, 11) is 0. The summed E-state index contributed by atoms with van der Waals surface area (Å²) in [5.41, 5.74) is 3.09. The fraction of sp³-hybridized carbons (Fsp3) is 0.583. The molecular weight excluding hydrogens is 204 g/mol. The van der Waals surface area contributed by atoms with E-state index >= 15 is 0 Å². The molecular formula is C12H16N2S. The van der Waals surface area contributed by atoms with Gasteiger partial charge in [0.2, 0.25) is 0 Å². The normalized spacial score (nSPS) is 17.3. The number of nitriles is 1. The van der Waals surface area contributed by atoms with Gasteiger partial charge >= 0.3 is 0 Å². The second-order valence-electron chi connectivity index (χ2n) is 4.52. The molecule has 3 heteroatoms. The van der Waals surface area contributed by atoms with Gasteiger partial charge in [0.05, 0.1) is 6.07 Å². The van der Waals surface area contributed by atoms with E-state index in [0.717, 1.165) is 13.1 Å². The molecule has 1 saturated carbocycles. The van der Waals surface area contributed by atoms with Crippen molar-refractivity contribution in [3.63, 3.8) is 0 Å². The topological polar surface area (TPSA) is 35.8 Å². The quantitative estimate of drug-likeness (QED) is 0.828. The molecule has 0 atom stereocenters. The van der Waals surface area contributed by atoms with Gasteiger partial charge < -0.3 is 5.32 Å². The number of aryl methyl sites for hydroxylation is 1. The molecule has 0 bridgehead atoms. The van der Waals surface area contributed by atoms with Crippen molar-refractivity contribution < 1.29 is 0 Å². The van der Waals surface area contributed by atoms with E-state index in [-0.39, 0.29) is 0 Å². The van der Waals surface area contributed by atoms with E-state index in [2.05, 4.69) is 29.1 Å². The highest BCUT2D eigenvalue weighted by Gasteiger charge is 2.41. The second kappa shape index (κ2) is 4.34. The van der Waals surface area contributed by atoms with Crippen molar-refractivity contribution >= 4 is 11.3 Å². The van der Waals surface area contributed by atoms with Crippen LogP contribution >= 0.6 is 11.3 Å².